The van der Waals surface area contributed by atoms with E-state index in [4.69, 9.17) is 21.1 Å². The standard InChI is InChI=1S/C26H27ClN2O4/c1-26(31)14-15-29(17-24(26)33-23-9-5-6-19(27)16-23)18-25(30)28-20-10-12-22(13-11-20)32-21-7-3-2-4-8-21/h2-13,16,24,31H,14-15,17-18H2,1H3,(H,28,30)/t24-,26-/m0/s1. The van der Waals surface area contributed by atoms with Gasteiger partial charge in [-0.2, -0.15) is 0 Å². The van der Waals surface area contributed by atoms with E-state index in [-0.39, 0.29) is 12.5 Å². The molecule has 0 aromatic heterocycles. The number of piperidine rings is 1. The number of amides is 1. The van der Waals surface area contributed by atoms with Crippen LogP contribution in [0.15, 0.2) is 78.9 Å². The molecule has 0 spiro atoms. The molecule has 1 fully saturated rings. The number of halogens is 1. The molecule has 33 heavy (non-hydrogen) atoms. The molecule has 2 N–H and O–H groups in total. The Hall–Kier alpha value is -3.06. The summed E-state index contributed by atoms with van der Waals surface area (Å²) in [5.74, 6) is 1.91. The van der Waals surface area contributed by atoms with Crippen LogP contribution in [0.3, 0.4) is 0 Å². The number of nitrogens with zero attached hydrogens (tertiary/aromatic N) is 1. The van der Waals surface area contributed by atoms with Crippen molar-refractivity contribution in [1.29, 1.82) is 0 Å². The van der Waals surface area contributed by atoms with Gasteiger partial charge in [0.05, 0.1) is 6.54 Å². The van der Waals surface area contributed by atoms with Crippen molar-refractivity contribution < 1.29 is 19.4 Å². The topological polar surface area (TPSA) is 71.0 Å². The quantitative estimate of drug-likeness (QED) is 0.514. The number of ether oxygens (including phenoxy) is 2. The number of rotatable bonds is 7. The van der Waals surface area contributed by atoms with E-state index in [0.29, 0.717) is 41.7 Å². The molecule has 1 saturated heterocycles. The molecule has 1 aliphatic heterocycles. The maximum Gasteiger partial charge on any atom is 0.238 e. The molecule has 172 valence electrons. The van der Waals surface area contributed by atoms with Gasteiger partial charge in [-0.3, -0.25) is 9.69 Å². The number of hydrogen-bond acceptors (Lipinski definition) is 5. The van der Waals surface area contributed by atoms with Crippen molar-refractivity contribution >= 4 is 23.2 Å². The first-order valence-corrected chi connectivity index (χ1v) is 11.2. The first-order valence-electron chi connectivity index (χ1n) is 10.9. The molecule has 0 unspecified atom stereocenters. The number of benzene rings is 3. The number of carbonyl (C=O) groups excluding carboxylic acids is 1. The molecule has 1 aliphatic rings. The third kappa shape index (κ3) is 6.48. The number of nitrogens with one attached hydrogen (secondary N) is 1. The maximum atomic E-state index is 12.6. The Bertz CT molecular complexity index is 1070. The van der Waals surface area contributed by atoms with Crippen molar-refractivity contribution in [3.63, 3.8) is 0 Å². The summed E-state index contributed by atoms with van der Waals surface area (Å²) in [6.07, 6.45) is 0.0174. The summed E-state index contributed by atoms with van der Waals surface area (Å²) in [7, 11) is 0. The lowest BCUT2D eigenvalue weighted by molar-refractivity contribution is -0.122. The van der Waals surface area contributed by atoms with Gasteiger partial charge >= 0.3 is 0 Å². The second kappa shape index (κ2) is 10.3. The summed E-state index contributed by atoms with van der Waals surface area (Å²) < 4.78 is 11.8. The number of aliphatic hydroxyl groups is 1. The van der Waals surface area contributed by atoms with E-state index in [9.17, 15) is 9.90 Å². The maximum absolute atomic E-state index is 12.6. The molecular formula is C26H27ClN2O4. The van der Waals surface area contributed by atoms with Crippen LogP contribution in [0.1, 0.15) is 13.3 Å². The first kappa shape index (κ1) is 23.1. The van der Waals surface area contributed by atoms with Crippen LogP contribution >= 0.6 is 11.6 Å². The Kier molecular flexibility index (Phi) is 7.18. The number of carbonyl (C=O) groups is 1. The fraction of sp³-hybridized carbons (Fsp3) is 0.269. The smallest absolute Gasteiger partial charge is 0.238 e. The van der Waals surface area contributed by atoms with Gasteiger partial charge in [0.1, 0.15) is 29.0 Å². The molecule has 1 heterocycles. The van der Waals surface area contributed by atoms with Gasteiger partial charge in [-0.25, -0.2) is 0 Å². The lowest BCUT2D eigenvalue weighted by Gasteiger charge is -2.42. The highest BCUT2D eigenvalue weighted by Gasteiger charge is 2.39. The van der Waals surface area contributed by atoms with E-state index in [2.05, 4.69) is 5.32 Å². The fourth-order valence-electron chi connectivity index (χ4n) is 3.71. The van der Waals surface area contributed by atoms with Crippen LogP contribution in [-0.2, 0) is 4.79 Å². The van der Waals surface area contributed by atoms with E-state index >= 15 is 0 Å². The van der Waals surface area contributed by atoms with Gasteiger partial charge in [-0.05, 0) is 67.9 Å². The Balaban J connectivity index is 1.31. The summed E-state index contributed by atoms with van der Waals surface area (Å²) >= 11 is 6.04. The number of likely N-dealkylation sites (tertiary alicyclic amines) is 1. The highest BCUT2D eigenvalue weighted by Crippen LogP contribution is 2.28. The highest BCUT2D eigenvalue weighted by atomic mass is 35.5. The van der Waals surface area contributed by atoms with Crippen LogP contribution < -0.4 is 14.8 Å². The molecule has 0 saturated carbocycles. The molecule has 0 aliphatic carbocycles. The van der Waals surface area contributed by atoms with Gasteiger partial charge < -0.3 is 19.9 Å². The molecule has 7 heteroatoms. The third-order valence-electron chi connectivity index (χ3n) is 5.61. The average Bonchev–Trinajstić information content (AvgIpc) is 2.78. The summed E-state index contributed by atoms with van der Waals surface area (Å²) in [6, 6.07) is 23.9. The molecule has 4 rings (SSSR count). The molecule has 2 atom stereocenters. The Morgan fingerprint density at radius 2 is 1.76 bits per heavy atom. The normalized spacial score (nSPS) is 20.8. The van der Waals surface area contributed by atoms with E-state index in [0.717, 1.165) is 5.75 Å². The molecule has 3 aromatic rings. The summed E-state index contributed by atoms with van der Waals surface area (Å²) in [5.41, 5.74) is -0.305. The molecule has 0 bridgehead atoms. The summed E-state index contributed by atoms with van der Waals surface area (Å²) in [4.78, 5) is 14.6. The van der Waals surface area contributed by atoms with Crippen LogP contribution in [0, 0.1) is 0 Å². The SMILES string of the molecule is C[C@]1(O)CCN(CC(=O)Nc2ccc(Oc3ccccc3)cc2)C[C@@H]1Oc1cccc(Cl)c1. The fourth-order valence-corrected chi connectivity index (χ4v) is 3.90. The van der Waals surface area contributed by atoms with Gasteiger partial charge in [0.2, 0.25) is 5.91 Å². The average molecular weight is 467 g/mol. The molecular weight excluding hydrogens is 440 g/mol. The zero-order chi connectivity index (χ0) is 23.3. The van der Waals surface area contributed by atoms with Crippen LogP contribution in [0.2, 0.25) is 5.02 Å². The van der Waals surface area contributed by atoms with Crippen LogP contribution in [0.5, 0.6) is 17.2 Å². The van der Waals surface area contributed by atoms with Gasteiger partial charge in [0.25, 0.3) is 0 Å². The van der Waals surface area contributed by atoms with Crippen molar-refractivity contribution in [3.8, 4) is 17.2 Å². The van der Waals surface area contributed by atoms with Gasteiger partial charge in [0.15, 0.2) is 0 Å². The minimum absolute atomic E-state index is 0.130. The van der Waals surface area contributed by atoms with E-state index < -0.39 is 11.7 Å². The summed E-state index contributed by atoms with van der Waals surface area (Å²) in [6.45, 7) is 2.99. The van der Waals surface area contributed by atoms with Crippen LogP contribution in [-0.4, -0.2) is 47.3 Å². The number of anilines is 1. The summed E-state index contributed by atoms with van der Waals surface area (Å²) in [5, 5.41) is 14.3. The zero-order valence-electron chi connectivity index (χ0n) is 18.4. The Labute approximate surface area is 198 Å². The predicted molar refractivity (Wildman–Crippen MR) is 129 cm³/mol. The molecule has 0 radical (unpaired) electrons. The molecule has 6 nitrogen and oxygen atoms in total. The Morgan fingerprint density at radius 1 is 1.06 bits per heavy atom. The van der Waals surface area contributed by atoms with Crippen LogP contribution in [0.25, 0.3) is 0 Å². The van der Waals surface area contributed by atoms with Crippen LogP contribution in [0.4, 0.5) is 5.69 Å². The lowest BCUT2D eigenvalue weighted by atomic mass is 9.90. The minimum Gasteiger partial charge on any atom is -0.486 e. The minimum atomic E-state index is -0.996. The van der Waals surface area contributed by atoms with Crippen molar-refractivity contribution in [2.45, 2.75) is 25.0 Å². The van der Waals surface area contributed by atoms with E-state index in [1.807, 2.05) is 59.5 Å². The van der Waals surface area contributed by atoms with Gasteiger partial charge in [-0.1, -0.05) is 35.9 Å². The van der Waals surface area contributed by atoms with Crippen molar-refractivity contribution in [3.05, 3.63) is 83.9 Å². The van der Waals surface area contributed by atoms with Crippen molar-refractivity contribution in [2.75, 3.05) is 25.0 Å². The zero-order valence-corrected chi connectivity index (χ0v) is 19.2. The van der Waals surface area contributed by atoms with Gasteiger partial charge in [-0.15, -0.1) is 0 Å². The highest BCUT2D eigenvalue weighted by molar-refractivity contribution is 6.30. The number of hydrogen-bond donors (Lipinski definition) is 2. The van der Waals surface area contributed by atoms with Crippen molar-refractivity contribution in [2.24, 2.45) is 0 Å². The second-order valence-corrected chi connectivity index (χ2v) is 8.83. The molecule has 1 amide bonds. The van der Waals surface area contributed by atoms with E-state index in [1.165, 1.54) is 0 Å². The largest absolute Gasteiger partial charge is 0.486 e. The first-order chi connectivity index (χ1) is 15.9. The lowest BCUT2D eigenvalue weighted by Crippen LogP contribution is -2.57. The number of para-hydroxylation sites is 1. The predicted octanol–water partition coefficient (Wildman–Crippen LogP) is 4.98. The van der Waals surface area contributed by atoms with Crippen molar-refractivity contribution in [1.82, 2.24) is 4.90 Å². The monoisotopic (exact) mass is 466 g/mol. The molecule has 3 aromatic carbocycles. The van der Waals surface area contributed by atoms with Gasteiger partial charge in [0, 0.05) is 23.8 Å². The third-order valence-corrected chi connectivity index (χ3v) is 5.85. The Morgan fingerprint density at radius 3 is 2.48 bits per heavy atom. The van der Waals surface area contributed by atoms with E-state index in [1.54, 1.807) is 31.2 Å². The second-order valence-electron chi connectivity index (χ2n) is 8.39.